The Morgan fingerprint density at radius 2 is 1.18 bits per heavy atom. The molecule has 0 aliphatic carbocycles. The summed E-state index contributed by atoms with van der Waals surface area (Å²) in [5.41, 5.74) is -7.00. The van der Waals surface area contributed by atoms with Gasteiger partial charge < -0.3 is 5.73 Å². The largest absolute Gasteiger partial charge is 0.435 e. The van der Waals surface area contributed by atoms with Crippen LogP contribution in [-0.2, 0) is 11.8 Å². The fraction of sp³-hybridized carbons (Fsp3) is 0.455. The van der Waals surface area contributed by atoms with Crippen LogP contribution >= 0.6 is 0 Å². The maximum atomic E-state index is 13.8. The molecule has 0 spiro atoms. The van der Waals surface area contributed by atoms with Gasteiger partial charge in [-0.05, 0) is 18.6 Å². The molecule has 1 aromatic carbocycles. The van der Waals surface area contributed by atoms with Crippen molar-refractivity contribution in [3.8, 4) is 0 Å². The quantitative estimate of drug-likeness (QED) is 0.571. The number of anilines is 1. The summed E-state index contributed by atoms with van der Waals surface area (Å²) in [6.07, 6.45) is -18.4. The van der Waals surface area contributed by atoms with Gasteiger partial charge >= 0.3 is 24.2 Å². The molecule has 0 amide bonds. The minimum Gasteiger partial charge on any atom is -0.398 e. The molecule has 0 atom stereocenters. The highest BCUT2D eigenvalue weighted by Crippen LogP contribution is 2.54. The number of nitrogen functional groups attached to an aromatic ring is 1. The smallest absolute Gasteiger partial charge is 0.398 e. The van der Waals surface area contributed by atoms with Gasteiger partial charge in [-0.25, -0.2) is 4.39 Å². The Labute approximate surface area is 116 Å². The Hall–Kier alpha value is -1.68. The number of hydrogen-bond acceptors (Lipinski definition) is 1. The van der Waals surface area contributed by atoms with Crippen molar-refractivity contribution in [1.82, 2.24) is 0 Å². The summed E-state index contributed by atoms with van der Waals surface area (Å²) in [5.74, 6) is 0. The van der Waals surface area contributed by atoms with Crippen LogP contribution in [0.1, 0.15) is 16.7 Å². The molecule has 0 saturated carbocycles. The maximum absolute atomic E-state index is 13.8. The van der Waals surface area contributed by atoms with E-state index in [1.54, 1.807) is 0 Å². The van der Waals surface area contributed by atoms with E-state index in [-0.39, 0.29) is 6.07 Å². The third-order valence-electron chi connectivity index (χ3n) is 2.87. The van der Waals surface area contributed by atoms with Crippen LogP contribution in [0.2, 0.25) is 0 Å². The molecule has 1 rings (SSSR count). The van der Waals surface area contributed by atoms with Crippen molar-refractivity contribution in [1.29, 1.82) is 0 Å². The first-order valence-corrected chi connectivity index (χ1v) is 5.33. The van der Waals surface area contributed by atoms with Crippen LogP contribution in [0.4, 0.5) is 49.6 Å². The first-order valence-electron chi connectivity index (χ1n) is 5.33. The summed E-state index contributed by atoms with van der Waals surface area (Å²) in [5, 5.41) is 0. The number of hydrogen-bond donors (Lipinski definition) is 1. The van der Waals surface area contributed by atoms with Crippen LogP contribution < -0.4 is 5.73 Å². The fourth-order valence-corrected chi connectivity index (χ4v) is 1.72. The minimum absolute atomic E-state index is 0.00838. The van der Waals surface area contributed by atoms with Crippen molar-refractivity contribution >= 4 is 5.69 Å². The molecule has 11 heteroatoms. The Kier molecular flexibility index (Phi) is 4.10. The van der Waals surface area contributed by atoms with Crippen molar-refractivity contribution in [3.05, 3.63) is 28.8 Å². The van der Waals surface area contributed by atoms with E-state index in [0.717, 1.165) is 6.92 Å². The van der Waals surface area contributed by atoms with Gasteiger partial charge in [0.25, 0.3) is 0 Å². The fourth-order valence-electron chi connectivity index (χ4n) is 1.72. The highest BCUT2D eigenvalue weighted by atomic mass is 19.4. The second-order valence-corrected chi connectivity index (χ2v) is 4.41. The monoisotopic (exact) mass is 343 g/mol. The number of nitrogens with two attached hydrogens (primary N) is 1. The molecule has 0 aliphatic rings. The molecular weight excluding hydrogens is 336 g/mol. The van der Waals surface area contributed by atoms with Crippen molar-refractivity contribution < 1.29 is 43.9 Å². The van der Waals surface area contributed by atoms with E-state index in [0.29, 0.717) is 0 Å². The van der Waals surface area contributed by atoms with Crippen LogP contribution in [-0.4, -0.2) is 12.4 Å². The van der Waals surface area contributed by atoms with Gasteiger partial charge in [0, 0.05) is 11.3 Å². The maximum Gasteiger partial charge on any atom is 0.435 e. The van der Waals surface area contributed by atoms with Gasteiger partial charge in [-0.1, -0.05) is 6.07 Å². The van der Waals surface area contributed by atoms with Crippen LogP contribution in [0.15, 0.2) is 12.1 Å². The molecule has 0 bridgehead atoms. The number of halogens is 10. The van der Waals surface area contributed by atoms with Crippen molar-refractivity contribution in [2.45, 2.75) is 31.1 Å². The average Bonchev–Trinajstić information content (AvgIpc) is 2.26. The van der Waals surface area contributed by atoms with E-state index in [1.807, 2.05) is 0 Å². The molecule has 0 aliphatic heterocycles. The summed E-state index contributed by atoms with van der Waals surface area (Å²) in [4.78, 5) is 0. The van der Waals surface area contributed by atoms with Crippen molar-refractivity contribution in [2.75, 3.05) is 5.73 Å². The zero-order valence-corrected chi connectivity index (χ0v) is 10.5. The molecule has 1 nitrogen and oxygen atoms in total. The molecule has 1 aromatic rings. The molecule has 126 valence electrons. The van der Waals surface area contributed by atoms with Gasteiger partial charge in [0.1, 0.15) is 0 Å². The molecule has 2 N–H and O–H groups in total. The Morgan fingerprint density at radius 3 is 1.50 bits per heavy atom. The molecule has 0 saturated heterocycles. The number of benzene rings is 1. The van der Waals surface area contributed by atoms with Gasteiger partial charge in [-0.15, -0.1) is 0 Å². The van der Waals surface area contributed by atoms with Crippen LogP contribution in [0.3, 0.4) is 0 Å². The predicted molar refractivity (Wildman–Crippen MR) is 55.5 cm³/mol. The molecule has 0 fully saturated rings. The Bertz CT molecular complexity index is 552. The van der Waals surface area contributed by atoms with E-state index >= 15 is 0 Å². The lowest BCUT2D eigenvalue weighted by Crippen LogP contribution is -2.50. The minimum atomic E-state index is -6.50. The van der Waals surface area contributed by atoms with Gasteiger partial charge in [0.2, 0.25) is 0 Å². The van der Waals surface area contributed by atoms with Gasteiger partial charge in [0.15, 0.2) is 0 Å². The van der Waals surface area contributed by atoms with E-state index in [1.165, 1.54) is 0 Å². The van der Waals surface area contributed by atoms with Gasteiger partial charge in [-0.2, -0.15) is 39.5 Å². The zero-order chi connectivity index (χ0) is 17.7. The van der Waals surface area contributed by atoms with E-state index < -0.39 is 52.6 Å². The second-order valence-electron chi connectivity index (χ2n) is 4.41. The van der Waals surface area contributed by atoms with E-state index in [2.05, 4.69) is 0 Å². The SMILES string of the molecule is Cc1cc(C(F)(C(F)(F)F)C(F)(F)F)cc(C(F)(F)F)c1N. The third-order valence-corrected chi connectivity index (χ3v) is 2.87. The highest BCUT2D eigenvalue weighted by molar-refractivity contribution is 5.57. The Balaban J connectivity index is 3.78. The zero-order valence-electron chi connectivity index (χ0n) is 10.5. The van der Waals surface area contributed by atoms with Gasteiger partial charge in [-0.3, -0.25) is 0 Å². The normalized spacial score (nSPS) is 14.3. The Morgan fingerprint density at radius 1 is 0.773 bits per heavy atom. The highest BCUT2D eigenvalue weighted by Gasteiger charge is 2.73. The molecule has 0 aromatic heterocycles. The summed E-state index contributed by atoms with van der Waals surface area (Å²) < 4.78 is 127. The van der Waals surface area contributed by atoms with Crippen molar-refractivity contribution in [2.24, 2.45) is 0 Å². The summed E-state index contributed by atoms with van der Waals surface area (Å²) in [7, 11) is 0. The second kappa shape index (κ2) is 4.92. The van der Waals surface area contributed by atoms with Crippen LogP contribution in [0.5, 0.6) is 0 Å². The summed E-state index contributed by atoms with van der Waals surface area (Å²) >= 11 is 0. The number of rotatable bonds is 1. The van der Waals surface area contributed by atoms with Crippen molar-refractivity contribution in [3.63, 3.8) is 0 Å². The molecule has 0 heterocycles. The van der Waals surface area contributed by atoms with Crippen LogP contribution in [0.25, 0.3) is 0 Å². The first kappa shape index (κ1) is 18.4. The lowest BCUT2D eigenvalue weighted by Gasteiger charge is -2.31. The topological polar surface area (TPSA) is 26.0 Å². The van der Waals surface area contributed by atoms with E-state index in [4.69, 9.17) is 5.73 Å². The third kappa shape index (κ3) is 2.80. The average molecular weight is 343 g/mol. The predicted octanol–water partition coefficient (Wildman–Crippen LogP) is 4.89. The van der Waals surface area contributed by atoms with Gasteiger partial charge in [0.05, 0.1) is 5.56 Å². The molecular formula is C11H7F10N. The number of alkyl halides is 10. The first-order chi connectivity index (χ1) is 9.53. The standard InChI is InChI=1S/C11H7F10N/c1-4-2-5(3-6(7(4)22)9(13,14)15)8(12,10(16,17)18)11(19,20)21/h2-3H,22H2,1H3. The lowest BCUT2D eigenvalue weighted by atomic mass is 9.90. The van der Waals surface area contributed by atoms with Crippen LogP contribution in [0, 0.1) is 6.92 Å². The molecule has 22 heavy (non-hydrogen) atoms. The summed E-state index contributed by atoms with van der Waals surface area (Å²) in [6.45, 7) is 0.737. The molecule has 0 radical (unpaired) electrons. The summed E-state index contributed by atoms with van der Waals surface area (Å²) in [6, 6.07) is -0.588. The molecule has 0 unspecified atom stereocenters. The lowest BCUT2D eigenvalue weighted by molar-refractivity contribution is -0.348. The number of aryl methyl sites for hydroxylation is 1. The van der Waals surface area contributed by atoms with E-state index in [9.17, 15) is 43.9 Å².